The highest BCUT2D eigenvalue weighted by atomic mass is 16.5. The van der Waals surface area contributed by atoms with E-state index in [2.05, 4.69) is 27.7 Å². The Kier molecular flexibility index (Phi) is 3.84. The molecule has 0 spiro atoms. The van der Waals surface area contributed by atoms with Crippen LogP contribution in [-0.4, -0.2) is 11.2 Å². The minimum atomic E-state index is -0.0862. The van der Waals surface area contributed by atoms with E-state index in [1.807, 2.05) is 13.0 Å². The SMILES string of the molecule is [CH2]CC(C)Oc1ccc(O)c(C(C)(C)C)c1. The molecular weight excluding hydrogens is 200 g/mol. The molecular formula is C14H21O2. The molecule has 1 N–H and O–H groups in total. The third kappa shape index (κ3) is 3.16. The van der Waals surface area contributed by atoms with Crippen LogP contribution in [0.25, 0.3) is 0 Å². The van der Waals surface area contributed by atoms with Gasteiger partial charge in [-0.25, -0.2) is 0 Å². The van der Waals surface area contributed by atoms with Crippen molar-refractivity contribution in [3.63, 3.8) is 0 Å². The van der Waals surface area contributed by atoms with Crippen LogP contribution in [0.4, 0.5) is 0 Å². The van der Waals surface area contributed by atoms with Crippen LogP contribution in [-0.2, 0) is 5.41 Å². The molecule has 0 bridgehead atoms. The van der Waals surface area contributed by atoms with E-state index in [9.17, 15) is 5.11 Å². The van der Waals surface area contributed by atoms with Crippen LogP contribution in [0, 0.1) is 6.92 Å². The van der Waals surface area contributed by atoms with Crippen LogP contribution in [0.15, 0.2) is 18.2 Å². The van der Waals surface area contributed by atoms with Crippen LogP contribution in [0.1, 0.15) is 39.7 Å². The van der Waals surface area contributed by atoms with Gasteiger partial charge in [0.2, 0.25) is 0 Å². The van der Waals surface area contributed by atoms with Gasteiger partial charge in [0.25, 0.3) is 0 Å². The van der Waals surface area contributed by atoms with Gasteiger partial charge in [0.15, 0.2) is 0 Å². The molecule has 0 saturated carbocycles. The Hall–Kier alpha value is -1.18. The van der Waals surface area contributed by atoms with Crippen molar-refractivity contribution in [1.29, 1.82) is 0 Å². The fourth-order valence-corrected chi connectivity index (χ4v) is 1.48. The summed E-state index contributed by atoms with van der Waals surface area (Å²) >= 11 is 0. The first-order valence-corrected chi connectivity index (χ1v) is 5.64. The summed E-state index contributed by atoms with van der Waals surface area (Å²) in [6, 6.07) is 5.38. The predicted octanol–water partition coefficient (Wildman–Crippen LogP) is 3.68. The van der Waals surface area contributed by atoms with E-state index >= 15 is 0 Å². The Balaban J connectivity index is 2.99. The van der Waals surface area contributed by atoms with Gasteiger partial charge in [-0.05, 0) is 43.9 Å². The Labute approximate surface area is 98.3 Å². The van der Waals surface area contributed by atoms with Crippen molar-refractivity contribution in [3.05, 3.63) is 30.7 Å². The van der Waals surface area contributed by atoms with E-state index in [0.29, 0.717) is 5.75 Å². The molecule has 1 unspecified atom stereocenters. The highest BCUT2D eigenvalue weighted by Crippen LogP contribution is 2.33. The Bertz CT molecular complexity index is 350. The van der Waals surface area contributed by atoms with Gasteiger partial charge in [0.1, 0.15) is 11.5 Å². The van der Waals surface area contributed by atoms with Crippen LogP contribution < -0.4 is 4.74 Å². The molecule has 16 heavy (non-hydrogen) atoms. The summed E-state index contributed by atoms with van der Waals surface area (Å²) in [5.41, 5.74) is 0.818. The second-order valence-corrected chi connectivity index (χ2v) is 5.15. The van der Waals surface area contributed by atoms with E-state index in [4.69, 9.17) is 4.74 Å². The second-order valence-electron chi connectivity index (χ2n) is 5.15. The van der Waals surface area contributed by atoms with Crippen LogP contribution >= 0.6 is 0 Å². The average Bonchev–Trinajstić information content (AvgIpc) is 2.19. The molecule has 0 amide bonds. The summed E-state index contributed by atoms with van der Waals surface area (Å²) in [6.45, 7) is 12.0. The number of rotatable bonds is 3. The summed E-state index contributed by atoms with van der Waals surface area (Å²) in [7, 11) is 0. The minimum Gasteiger partial charge on any atom is -0.508 e. The van der Waals surface area contributed by atoms with E-state index in [0.717, 1.165) is 17.7 Å². The molecule has 0 aromatic heterocycles. The molecule has 1 radical (unpaired) electrons. The van der Waals surface area contributed by atoms with Crippen molar-refractivity contribution in [3.8, 4) is 11.5 Å². The van der Waals surface area contributed by atoms with E-state index in [1.54, 1.807) is 12.1 Å². The van der Waals surface area contributed by atoms with Gasteiger partial charge in [0, 0.05) is 5.56 Å². The number of hydrogen-bond acceptors (Lipinski definition) is 2. The van der Waals surface area contributed by atoms with Crippen LogP contribution in [0.5, 0.6) is 11.5 Å². The summed E-state index contributed by atoms with van der Waals surface area (Å²) in [5.74, 6) is 1.11. The lowest BCUT2D eigenvalue weighted by molar-refractivity contribution is 0.223. The van der Waals surface area contributed by atoms with Gasteiger partial charge in [-0.15, -0.1) is 0 Å². The zero-order valence-corrected chi connectivity index (χ0v) is 10.6. The summed E-state index contributed by atoms with van der Waals surface area (Å²) < 4.78 is 5.68. The molecule has 1 rings (SSSR count). The first-order valence-electron chi connectivity index (χ1n) is 5.64. The lowest BCUT2D eigenvalue weighted by Crippen LogP contribution is -2.13. The first kappa shape index (κ1) is 12.9. The van der Waals surface area contributed by atoms with E-state index in [-0.39, 0.29) is 11.5 Å². The highest BCUT2D eigenvalue weighted by molar-refractivity contribution is 5.43. The zero-order chi connectivity index (χ0) is 12.3. The molecule has 89 valence electrons. The standard InChI is InChI=1S/C14H21O2/c1-6-10(2)16-11-7-8-13(15)12(9-11)14(3,4)5/h7-10,15H,1,6H2,2-5H3. The fourth-order valence-electron chi connectivity index (χ4n) is 1.48. The molecule has 2 heteroatoms. The van der Waals surface area contributed by atoms with E-state index < -0.39 is 0 Å². The third-order valence-corrected chi connectivity index (χ3v) is 2.52. The molecule has 0 aliphatic rings. The van der Waals surface area contributed by atoms with Gasteiger partial charge in [-0.2, -0.15) is 0 Å². The number of phenolic OH excluding ortho intramolecular Hbond substituents is 1. The maximum Gasteiger partial charge on any atom is 0.120 e. The highest BCUT2D eigenvalue weighted by Gasteiger charge is 2.19. The van der Waals surface area contributed by atoms with Crippen molar-refractivity contribution < 1.29 is 9.84 Å². The molecule has 0 fully saturated rings. The summed E-state index contributed by atoms with van der Waals surface area (Å²) in [5, 5.41) is 9.79. The molecule has 0 heterocycles. The zero-order valence-electron chi connectivity index (χ0n) is 10.6. The lowest BCUT2D eigenvalue weighted by Gasteiger charge is -2.22. The molecule has 1 aromatic rings. The van der Waals surface area contributed by atoms with Crippen molar-refractivity contribution in [2.24, 2.45) is 0 Å². The number of phenols is 1. The topological polar surface area (TPSA) is 29.5 Å². The van der Waals surface area contributed by atoms with Crippen LogP contribution in [0.2, 0.25) is 0 Å². The maximum absolute atomic E-state index is 9.79. The monoisotopic (exact) mass is 221 g/mol. The largest absolute Gasteiger partial charge is 0.508 e. The number of ether oxygens (including phenoxy) is 1. The number of benzene rings is 1. The van der Waals surface area contributed by atoms with Crippen LogP contribution in [0.3, 0.4) is 0 Å². The molecule has 1 aromatic carbocycles. The molecule has 0 aliphatic heterocycles. The van der Waals surface area contributed by atoms with Gasteiger partial charge in [-0.1, -0.05) is 20.8 Å². The third-order valence-electron chi connectivity index (χ3n) is 2.52. The maximum atomic E-state index is 9.79. The summed E-state index contributed by atoms with van der Waals surface area (Å²) in [4.78, 5) is 0. The lowest BCUT2D eigenvalue weighted by atomic mass is 9.86. The van der Waals surface area contributed by atoms with Crippen molar-refractivity contribution in [2.45, 2.75) is 45.6 Å². The van der Waals surface area contributed by atoms with Crippen molar-refractivity contribution >= 4 is 0 Å². The van der Waals surface area contributed by atoms with Gasteiger partial charge < -0.3 is 9.84 Å². The predicted molar refractivity (Wildman–Crippen MR) is 66.9 cm³/mol. The summed E-state index contributed by atoms with van der Waals surface area (Å²) in [6.07, 6.45) is 0.823. The second kappa shape index (κ2) is 4.77. The molecule has 2 nitrogen and oxygen atoms in total. The molecule has 0 saturated heterocycles. The fraction of sp³-hybridized carbons (Fsp3) is 0.500. The normalized spacial score (nSPS) is 13.6. The Morgan fingerprint density at radius 3 is 2.50 bits per heavy atom. The first-order chi connectivity index (χ1) is 7.34. The minimum absolute atomic E-state index is 0.0862. The van der Waals surface area contributed by atoms with Crippen molar-refractivity contribution in [1.82, 2.24) is 0 Å². The van der Waals surface area contributed by atoms with Gasteiger partial charge >= 0.3 is 0 Å². The van der Waals surface area contributed by atoms with Crippen molar-refractivity contribution in [2.75, 3.05) is 0 Å². The molecule has 0 aliphatic carbocycles. The smallest absolute Gasteiger partial charge is 0.120 e. The Morgan fingerprint density at radius 2 is 2.00 bits per heavy atom. The number of aromatic hydroxyl groups is 1. The number of hydrogen-bond donors (Lipinski definition) is 1. The van der Waals surface area contributed by atoms with Gasteiger partial charge in [-0.3, -0.25) is 0 Å². The Morgan fingerprint density at radius 1 is 1.38 bits per heavy atom. The van der Waals surface area contributed by atoms with E-state index in [1.165, 1.54) is 0 Å². The quantitative estimate of drug-likeness (QED) is 0.843. The average molecular weight is 221 g/mol. The molecule has 1 atom stereocenters. The van der Waals surface area contributed by atoms with Gasteiger partial charge in [0.05, 0.1) is 6.10 Å².